The lowest BCUT2D eigenvalue weighted by molar-refractivity contribution is 0.332. The van der Waals surface area contributed by atoms with Crippen molar-refractivity contribution in [3.8, 4) is 56.4 Å². The van der Waals surface area contributed by atoms with E-state index in [1.54, 1.807) is 0 Å². The average molecular weight is 893 g/mol. The van der Waals surface area contributed by atoms with Crippen molar-refractivity contribution in [3.05, 3.63) is 198 Å². The molecule has 9 aromatic rings. The lowest BCUT2D eigenvalue weighted by Gasteiger charge is -2.47. The summed E-state index contributed by atoms with van der Waals surface area (Å²) in [7, 11) is 0. The Hall–Kier alpha value is -7.50. The topological polar surface area (TPSA) is 24.9 Å². The van der Waals surface area contributed by atoms with Crippen LogP contribution in [0.15, 0.2) is 170 Å². The van der Waals surface area contributed by atoms with Crippen molar-refractivity contribution in [1.29, 1.82) is 0 Å². The number of para-hydroxylation sites is 2. The summed E-state index contributed by atoms with van der Waals surface area (Å²) in [6.45, 7) is 16.6. The summed E-state index contributed by atoms with van der Waals surface area (Å²) in [4.78, 5) is 5.23. The van der Waals surface area contributed by atoms with Gasteiger partial charge in [0.05, 0.1) is 0 Å². The molecule has 0 radical (unpaired) electrons. The molecule has 0 spiro atoms. The van der Waals surface area contributed by atoms with Gasteiger partial charge in [-0.05, 0) is 163 Å². The number of fused-ring (bicyclic) bond motifs is 12. The molecule has 0 saturated carbocycles. The molecule has 0 aromatic heterocycles. The van der Waals surface area contributed by atoms with Gasteiger partial charge in [-0.25, -0.2) is 0 Å². The Morgan fingerprint density at radius 3 is 1.84 bits per heavy atom. The molecule has 5 aliphatic rings. The quantitative estimate of drug-likeness (QED) is 0.165. The summed E-state index contributed by atoms with van der Waals surface area (Å²) in [5, 5.41) is 2.47. The van der Waals surface area contributed by atoms with E-state index < -0.39 is 0 Å². The van der Waals surface area contributed by atoms with Crippen molar-refractivity contribution in [2.45, 2.75) is 77.6 Å². The third kappa shape index (κ3) is 5.71. The molecule has 3 heterocycles. The number of ether oxygens (including phenoxy) is 2. The highest BCUT2D eigenvalue weighted by atomic mass is 16.6. The highest BCUT2D eigenvalue weighted by molar-refractivity contribution is 6.94. The van der Waals surface area contributed by atoms with Crippen molar-refractivity contribution in [3.63, 3.8) is 0 Å². The smallest absolute Gasteiger partial charge is 0.333 e. The van der Waals surface area contributed by atoms with E-state index in [0.717, 1.165) is 41.5 Å². The zero-order chi connectivity index (χ0) is 46.7. The van der Waals surface area contributed by atoms with E-state index in [9.17, 15) is 0 Å². The number of aryl methyl sites for hydroxylation is 1. The van der Waals surface area contributed by atoms with E-state index >= 15 is 0 Å². The van der Waals surface area contributed by atoms with Gasteiger partial charge < -0.3 is 19.2 Å². The molecule has 14 rings (SSSR count). The second-order valence-corrected chi connectivity index (χ2v) is 22.0. The minimum Gasteiger partial charge on any atom is -0.450 e. The van der Waals surface area contributed by atoms with Gasteiger partial charge in [0.15, 0.2) is 23.0 Å². The highest BCUT2D eigenvalue weighted by Crippen LogP contribution is 2.58. The van der Waals surface area contributed by atoms with Gasteiger partial charge >= 0.3 is 6.85 Å². The van der Waals surface area contributed by atoms with Crippen molar-refractivity contribution >= 4 is 57.0 Å². The molecular formula is C64H53BN2O2. The van der Waals surface area contributed by atoms with Gasteiger partial charge in [-0.2, -0.15) is 0 Å². The molecule has 5 heteroatoms. The molecule has 4 nitrogen and oxygen atoms in total. The SMILES string of the molecule is Cc1cc2c(cc1N1c3cc4c(cc3B3c5c1cc1ccccc1c5-c1cc5c(cc1N3c1ccc(-c3ccccc3)cc1)C(C)(C)c1ccccc1-5)Oc1ccccc1O4)C(C)(C)CCC2(C)C. The van der Waals surface area contributed by atoms with E-state index in [0.29, 0.717) is 5.75 Å². The Kier molecular flexibility index (Phi) is 8.26. The molecule has 0 N–H and O–H groups in total. The first-order chi connectivity index (χ1) is 33.4. The van der Waals surface area contributed by atoms with Crippen molar-refractivity contribution in [1.82, 2.24) is 0 Å². The molecule has 2 aliphatic carbocycles. The summed E-state index contributed by atoms with van der Waals surface area (Å²) < 4.78 is 13.7. The summed E-state index contributed by atoms with van der Waals surface area (Å²) in [6.07, 6.45) is 2.30. The number of anilines is 5. The zero-order valence-electron chi connectivity index (χ0n) is 40.4. The number of benzene rings is 9. The molecule has 0 atom stereocenters. The number of nitrogens with zero attached hydrogens (tertiary/aromatic N) is 2. The number of hydrogen-bond acceptors (Lipinski definition) is 4. The minimum atomic E-state index is -0.231. The predicted octanol–water partition coefficient (Wildman–Crippen LogP) is 16.1. The van der Waals surface area contributed by atoms with E-state index in [1.807, 2.05) is 24.3 Å². The second-order valence-electron chi connectivity index (χ2n) is 22.0. The summed E-state index contributed by atoms with van der Waals surface area (Å²) in [6, 6.07) is 63.3. The number of rotatable bonds is 3. The van der Waals surface area contributed by atoms with Crippen LogP contribution in [0.4, 0.5) is 28.4 Å². The van der Waals surface area contributed by atoms with Crippen LogP contribution >= 0.6 is 0 Å². The van der Waals surface area contributed by atoms with Crippen LogP contribution < -0.4 is 30.1 Å². The molecule has 334 valence electrons. The van der Waals surface area contributed by atoms with Crippen LogP contribution in [0.1, 0.15) is 82.2 Å². The molecule has 0 saturated heterocycles. The molecular weight excluding hydrogens is 840 g/mol. The van der Waals surface area contributed by atoms with Crippen LogP contribution in [-0.4, -0.2) is 6.85 Å². The van der Waals surface area contributed by atoms with E-state index in [1.165, 1.54) is 100.0 Å². The van der Waals surface area contributed by atoms with E-state index in [-0.39, 0.29) is 23.1 Å². The van der Waals surface area contributed by atoms with Crippen molar-refractivity contribution in [2.75, 3.05) is 9.71 Å². The Morgan fingerprint density at radius 1 is 0.464 bits per heavy atom. The van der Waals surface area contributed by atoms with Gasteiger partial charge in [-0.1, -0.05) is 151 Å². The fraction of sp³-hybridized carbons (Fsp3) is 0.188. The van der Waals surface area contributed by atoms with Gasteiger partial charge in [0, 0.05) is 45.5 Å². The van der Waals surface area contributed by atoms with Gasteiger partial charge in [0.1, 0.15) is 0 Å². The first kappa shape index (κ1) is 40.6. The van der Waals surface area contributed by atoms with Crippen LogP contribution in [0.25, 0.3) is 44.2 Å². The molecule has 0 unspecified atom stereocenters. The first-order valence-electron chi connectivity index (χ1n) is 24.7. The minimum absolute atomic E-state index is 0.0138. The number of hydrogen-bond donors (Lipinski definition) is 0. The van der Waals surface area contributed by atoms with Crippen LogP contribution in [0, 0.1) is 6.92 Å². The van der Waals surface area contributed by atoms with Crippen LogP contribution in [0.5, 0.6) is 23.0 Å². The lowest BCUT2D eigenvalue weighted by Crippen LogP contribution is -2.61. The third-order valence-corrected chi connectivity index (χ3v) is 16.6. The van der Waals surface area contributed by atoms with Crippen LogP contribution in [0.3, 0.4) is 0 Å². The lowest BCUT2D eigenvalue weighted by atomic mass is 9.43. The van der Waals surface area contributed by atoms with Crippen LogP contribution in [0.2, 0.25) is 0 Å². The Bertz CT molecular complexity index is 3680. The Labute approximate surface area is 405 Å². The third-order valence-electron chi connectivity index (χ3n) is 16.6. The molecule has 0 bridgehead atoms. The maximum Gasteiger partial charge on any atom is 0.333 e. The fourth-order valence-electron chi connectivity index (χ4n) is 12.9. The molecule has 3 aliphatic heterocycles. The van der Waals surface area contributed by atoms with Gasteiger partial charge in [-0.3, -0.25) is 0 Å². The normalized spacial score (nSPS) is 16.7. The summed E-state index contributed by atoms with van der Waals surface area (Å²) in [5.74, 6) is 2.88. The Morgan fingerprint density at radius 2 is 1.09 bits per heavy atom. The maximum absolute atomic E-state index is 6.87. The maximum atomic E-state index is 6.87. The fourth-order valence-corrected chi connectivity index (χ4v) is 12.9. The summed E-state index contributed by atoms with van der Waals surface area (Å²) >= 11 is 0. The molecule has 9 aromatic carbocycles. The van der Waals surface area contributed by atoms with Gasteiger partial charge in [0.25, 0.3) is 0 Å². The first-order valence-corrected chi connectivity index (χ1v) is 24.7. The Balaban J connectivity index is 1.11. The molecule has 0 fully saturated rings. The highest BCUT2D eigenvalue weighted by Gasteiger charge is 2.49. The molecule has 0 amide bonds. The average Bonchev–Trinajstić information content (AvgIpc) is 3.58. The standard InChI is InChI=1S/C64H53BN2O2/c1-38-31-49-50(63(4,5)30-29-62(49,2)3)35-52(38)66-54-37-59-58(68-56-23-15-16-24-57(56)69-59)36-51(54)65-61-55(66)32-41-19-11-12-20-43(41)60(61)46-33-45-44-21-13-14-22-47(44)64(6,7)48(45)34-53(46)67(65)42-27-25-40(26-28-42)39-17-9-8-10-18-39/h8-28,31-37H,29-30H2,1-7H3. The van der Waals surface area contributed by atoms with Crippen molar-refractivity contribution in [2.24, 2.45) is 0 Å². The molecule has 69 heavy (non-hydrogen) atoms. The monoisotopic (exact) mass is 892 g/mol. The van der Waals surface area contributed by atoms with E-state index in [2.05, 4.69) is 204 Å². The predicted molar refractivity (Wildman–Crippen MR) is 287 cm³/mol. The summed E-state index contributed by atoms with van der Waals surface area (Å²) in [5.41, 5.74) is 22.6. The second kappa shape index (κ2) is 14.0. The largest absolute Gasteiger partial charge is 0.450 e. The zero-order valence-corrected chi connectivity index (χ0v) is 40.4. The van der Waals surface area contributed by atoms with E-state index in [4.69, 9.17) is 9.47 Å². The van der Waals surface area contributed by atoms with Gasteiger partial charge in [0.2, 0.25) is 0 Å². The van der Waals surface area contributed by atoms with Gasteiger partial charge in [-0.15, -0.1) is 0 Å². The van der Waals surface area contributed by atoms with Crippen LogP contribution in [-0.2, 0) is 16.2 Å². The van der Waals surface area contributed by atoms with Crippen molar-refractivity contribution < 1.29 is 9.47 Å².